The fourth-order valence-electron chi connectivity index (χ4n) is 2.71. The molecule has 3 rings (SSSR count). The summed E-state index contributed by atoms with van der Waals surface area (Å²) in [5.74, 6) is 1.64. The van der Waals surface area contributed by atoms with Crippen LogP contribution < -0.4 is 9.47 Å². The molecular formula is C22H21O3S+. The summed E-state index contributed by atoms with van der Waals surface area (Å²) in [7, 11) is 2.82. The molecule has 4 heteroatoms. The number of carbonyl (C=O) groups excluding carboxylic acids is 1. The maximum atomic E-state index is 13.1. The van der Waals surface area contributed by atoms with E-state index in [0.29, 0.717) is 22.8 Å². The predicted molar refractivity (Wildman–Crippen MR) is 106 cm³/mol. The van der Waals surface area contributed by atoms with Gasteiger partial charge >= 0.3 is 0 Å². The molecule has 3 aromatic carbocycles. The van der Waals surface area contributed by atoms with Gasteiger partial charge in [-0.15, -0.1) is 0 Å². The van der Waals surface area contributed by atoms with Crippen LogP contribution in [0, 0.1) is 0 Å². The fraction of sp³-hybridized carbons (Fsp3) is 0.136. The van der Waals surface area contributed by atoms with Gasteiger partial charge in [-0.2, -0.15) is 0 Å². The molecule has 0 unspecified atom stereocenters. The predicted octanol–water partition coefficient (Wildman–Crippen LogP) is 4.62. The average Bonchev–Trinajstić information content (AvgIpc) is 2.72. The van der Waals surface area contributed by atoms with E-state index in [1.165, 1.54) is 0 Å². The minimum absolute atomic E-state index is 0.0387. The summed E-state index contributed by atoms with van der Waals surface area (Å²) >= 11 is 0. The van der Waals surface area contributed by atoms with E-state index in [4.69, 9.17) is 9.47 Å². The average molecular weight is 365 g/mol. The molecule has 0 amide bonds. The number of hydrogen-bond acceptors (Lipinski definition) is 3. The van der Waals surface area contributed by atoms with Gasteiger partial charge in [0.25, 0.3) is 0 Å². The third kappa shape index (κ3) is 4.09. The molecule has 3 nitrogen and oxygen atoms in total. The van der Waals surface area contributed by atoms with E-state index in [1.54, 1.807) is 32.4 Å². The van der Waals surface area contributed by atoms with E-state index < -0.39 is 0 Å². The lowest BCUT2D eigenvalue weighted by Crippen LogP contribution is -2.18. The summed E-state index contributed by atoms with van der Waals surface area (Å²) in [4.78, 5) is 15.4. The largest absolute Gasteiger partial charge is 0.497 e. The first-order valence-corrected chi connectivity index (χ1v) is 9.68. The molecule has 26 heavy (non-hydrogen) atoms. The number of hydrogen-bond donors (Lipinski definition) is 0. The van der Waals surface area contributed by atoms with Crippen LogP contribution in [0.5, 0.6) is 11.5 Å². The highest BCUT2D eigenvalue weighted by molar-refractivity contribution is 7.97. The normalized spacial score (nSPS) is 10.6. The van der Waals surface area contributed by atoms with Crippen LogP contribution >= 0.6 is 0 Å². The van der Waals surface area contributed by atoms with Crippen LogP contribution in [0.3, 0.4) is 0 Å². The summed E-state index contributed by atoms with van der Waals surface area (Å²) < 4.78 is 10.7. The van der Waals surface area contributed by atoms with Crippen molar-refractivity contribution in [2.75, 3.05) is 20.0 Å². The quantitative estimate of drug-likeness (QED) is 0.453. The zero-order valence-corrected chi connectivity index (χ0v) is 15.7. The number of carbonyl (C=O) groups is 1. The van der Waals surface area contributed by atoms with E-state index >= 15 is 0 Å². The van der Waals surface area contributed by atoms with Gasteiger partial charge in [0, 0.05) is 0 Å². The molecule has 0 atom stereocenters. The Morgan fingerprint density at radius 3 is 1.88 bits per heavy atom. The number of rotatable bonds is 7. The number of benzene rings is 3. The van der Waals surface area contributed by atoms with Crippen molar-refractivity contribution in [3.63, 3.8) is 0 Å². The first kappa shape index (κ1) is 18.1. The molecule has 0 bridgehead atoms. The maximum Gasteiger partial charge on any atom is 0.216 e. The Bertz CT molecular complexity index is 824. The van der Waals surface area contributed by atoms with Crippen LogP contribution in [0.25, 0.3) is 0 Å². The number of methoxy groups -OCH3 is 2. The SMILES string of the molecule is COc1ccc(OC)c(C(=O)C[S+](c2ccccc2)c2ccccc2)c1. The molecular weight excluding hydrogens is 344 g/mol. The van der Waals surface area contributed by atoms with Gasteiger partial charge in [-0.25, -0.2) is 0 Å². The second kappa shape index (κ2) is 8.59. The molecule has 0 saturated heterocycles. The van der Waals surface area contributed by atoms with Crippen molar-refractivity contribution in [1.29, 1.82) is 0 Å². The number of Topliss-reactive ketones (excluding diaryl/α,β-unsaturated/α-hetero) is 1. The highest BCUT2D eigenvalue weighted by atomic mass is 32.2. The molecule has 132 valence electrons. The second-order valence-corrected chi connectivity index (χ2v) is 7.66. The Kier molecular flexibility index (Phi) is 5.97. The van der Waals surface area contributed by atoms with Crippen molar-refractivity contribution in [3.8, 4) is 11.5 Å². The van der Waals surface area contributed by atoms with E-state index in [9.17, 15) is 4.79 Å². The lowest BCUT2D eigenvalue weighted by molar-refractivity contribution is 0.101. The summed E-state index contributed by atoms with van der Waals surface area (Å²) in [6, 6.07) is 25.6. The Labute approximate surface area is 156 Å². The van der Waals surface area contributed by atoms with Gasteiger partial charge in [-0.05, 0) is 42.5 Å². The standard InChI is InChI=1S/C22H21O3S/c1-24-17-13-14-22(25-2)20(15-17)21(23)16-26(18-9-5-3-6-10-18)19-11-7-4-8-12-19/h3-15H,16H2,1-2H3/q+1. The Hall–Kier alpha value is -2.72. The van der Waals surface area contributed by atoms with Gasteiger partial charge in [-0.3, -0.25) is 4.79 Å². The van der Waals surface area contributed by atoms with Gasteiger partial charge in [-0.1, -0.05) is 36.4 Å². The van der Waals surface area contributed by atoms with Crippen LogP contribution in [0.15, 0.2) is 88.7 Å². The van der Waals surface area contributed by atoms with Crippen molar-refractivity contribution in [2.24, 2.45) is 0 Å². The van der Waals surface area contributed by atoms with Crippen LogP contribution in [0.4, 0.5) is 0 Å². The molecule has 0 heterocycles. The highest BCUT2D eigenvalue weighted by Crippen LogP contribution is 2.28. The molecule has 0 aliphatic heterocycles. The van der Waals surface area contributed by atoms with Gasteiger partial charge in [0.15, 0.2) is 15.5 Å². The minimum Gasteiger partial charge on any atom is -0.497 e. The molecule has 0 N–H and O–H groups in total. The van der Waals surface area contributed by atoms with Crippen LogP contribution in [-0.2, 0) is 10.9 Å². The van der Waals surface area contributed by atoms with Gasteiger partial charge in [0.05, 0.1) is 30.7 Å². The summed E-state index contributed by atoms with van der Waals surface area (Å²) in [5, 5.41) is 0. The lowest BCUT2D eigenvalue weighted by Gasteiger charge is -2.11. The summed E-state index contributed by atoms with van der Waals surface area (Å²) in [6.45, 7) is 0. The Balaban J connectivity index is 1.96. The topological polar surface area (TPSA) is 35.5 Å². The molecule has 0 saturated carbocycles. The van der Waals surface area contributed by atoms with Crippen LogP contribution in [-0.4, -0.2) is 25.8 Å². The van der Waals surface area contributed by atoms with E-state index in [0.717, 1.165) is 9.79 Å². The van der Waals surface area contributed by atoms with Crippen molar-refractivity contribution in [3.05, 3.63) is 84.4 Å². The monoisotopic (exact) mass is 365 g/mol. The maximum absolute atomic E-state index is 13.1. The van der Waals surface area contributed by atoms with Crippen molar-refractivity contribution >= 4 is 16.7 Å². The molecule has 3 aromatic rings. The zero-order valence-electron chi connectivity index (χ0n) is 14.8. The van der Waals surface area contributed by atoms with Crippen LogP contribution in [0.2, 0.25) is 0 Å². The summed E-state index contributed by atoms with van der Waals surface area (Å²) in [5.41, 5.74) is 0.552. The molecule has 0 radical (unpaired) electrons. The van der Waals surface area contributed by atoms with Gasteiger partial charge < -0.3 is 9.47 Å². The first-order valence-electron chi connectivity index (χ1n) is 8.29. The van der Waals surface area contributed by atoms with Crippen molar-refractivity contribution < 1.29 is 14.3 Å². The Morgan fingerprint density at radius 2 is 1.38 bits per heavy atom. The molecule has 0 aliphatic carbocycles. The number of ether oxygens (including phenoxy) is 2. The zero-order chi connectivity index (χ0) is 18.4. The van der Waals surface area contributed by atoms with E-state index in [1.807, 2.05) is 36.4 Å². The lowest BCUT2D eigenvalue weighted by atomic mass is 10.1. The fourth-order valence-corrected chi connectivity index (χ4v) is 4.71. The van der Waals surface area contributed by atoms with E-state index in [-0.39, 0.29) is 16.7 Å². The van der Waals surface area contributed by atoms with Crippen molar-refractivity contribution in [2.45, 2.75) is 9.79 Å². The van der Waals surface area contributed by atoms with Crippen molar-refractivity contribution in [1.82, 2.24) is 0 Å². The van der Waals surface area contributed by atoms with Gasteiger partial charge in [0.1, 0.15) is 11.5 Å². The molecule has 0 spiro atoms. The summed E-state index contributed by atoms with van der Waals surface area (Å²) in [6.07, 6.45) is 0. The third-order valence-electron chi connectivity index (χ3n) is 4.04. The van der Waals surface area contributed by atoms with Crippen LogP contribution in [0.1, 0.15) is 10.4 Å². The molecule has 0 aromatic heterocycles. The smallest absolute Gasteiger partial charge is 0.216 e. The first-order chi connectivity index (χ1) is 12.7. The molecule has 0 aliphatic rings. The minimum atomic E-state index is -0.347. The Morgan fingerprint density at radius 1 is 0.808 bits per heavy atom. The van der Waals surface area contributed by atoms with E-state index in [2.05, 4.69) is 24.3 Å². The second-order valence-electron chi connectivity index (χ2n) is 5.65. The third-order valence-corrected chi connectivity index (χ3v) is 6.27. The number of ketones is 1. The highest BCUT2D eigenvalue weighted by Gasteiger charge is 2.30. The van der Waals surface area contributed by atoms with Gasteiger partial charge in [0.2, 0.25) is 5.78 Å². The molecule has 0 fully saturated rings.